The highest BCUT2D eigenvalue weighted by Gasteiger charge is 2.14. The molecule has 2 aromatic rings. The summed E-state index contributed by atoms with van der Waals surface area (Å²) in [5, 5.41) is 28.0. The summed E-state index contributed by atoms with van der Waals surface area (Å²) in [6, 6.07) is 15.7. The second-order valence-electron chi connectivity index (χ2n) is 5.03. The second kappa shape index (κ2) is 7.38. The Morgan fingerprint density at radius 2 is 1.57 bits per heavy atom. The summed E-state index contributed by atoms with van der Waals surface area (Å²) >= 11 is 0. The maximum atomic E-state index is 11.1. The maximum Gasteiger partial charge on any atom is 0.336 e. The molecule has 0 fully saturated rings. The van der Waals surface area contributed by atoms with E-state index in [9.17, 15) is 14.7 Å². The molecule has 0 heterocycles. The van der Waals surface area contributed by atoms with E-state index >= 15 is 0 Å². The Morgan fingerprint density at radius 3 is 2.09 bits per heavy atom. The van der Waals surface area contributed by atoms with Crippen LogP contribution in [0, 0.1) is 0 Å². The lowest BCUT2D eigenvalue weighted by Crippen LogP contribution is -2.05. The molecule has 23 heavy (non-hydrogen) atoms. The van der Waals surface area contributed by atoms with Crippen molar-refractivity contribution in [3.8, 4) is 0 Å². The molecule has 118 valence electrons. The number of rotatable bonds is 6. The van der Waals surface area contributed by atoms with Crippen molar-refractivity contribution in [1.29, 1.82) is 0 Å². The minimum Gasteiger partial charge on any atom is -0.478 e. The fourth-order valence-corrected chi connectivity index (χ4v) is 2.23. The highest BCUT2D eigenvalue weighted by Crippen LogP contribution is 2.21. The Balaban J connectivity index is 2.18. The van der Waals surface area contributed by atoms with Crippen LogP contribution in [0.25, 0.3) is 5.57 Å². The Bertz CT molecular complexity index is 717. The van der Waals surface area contributed by atoms with E-state index in [-0.39, 0.29) is 11.1 Å². The molecule has 0 aliphatic heterocycles. The third-order valence-electron chi connectivity index (χ3n) is 3.38. The summed E-state index contributed by atoms with van der Waals surface area (Å²) in [5.74, 6) is -2.64. The molecule has 2 aromatic carbocycles. The molecule has 1 atom stereocenters. The minimum atomic E-state index is -1.32. The average Bonchev–Trinajstić information content (AvgIpc) is 2.53. The van der Waals surface area contributed by atoms with Crippen LogP contribution in [0.5, 0.6) is 0 Å². The van der Waals surface area contributed by atoms with E-state index in [1.54, 1.807) is 12.1 Å². The number of hydrogen-bond donors (Lipinski definition) is 3. The van der Waals surface area contributed by atoms with Crippen LogP contribution in [0.1, 0.15) is 22.8 Å². The summed E-state index contributed by atoms with van der Waals surface area (Å²) in [6.45, 7) is 0. The largest absolute Gasteiger partial charge is 0.478 e. The molecule has 0 saturated carbocycles. The summed E-state index contributed by atoms with van der Waals surface area (Å²) in [4.78, 5) is 21.8. The van der Waals surface area contributed by atoms with Gasteiger partial charge in [-0.25, -0.2) is 9.59 Å². The van der Waals surface area contributed by atoms with Crippen LogP contribution < -0.4 is 0 Å². The normalized spacial score (nSPS) is 12.7. The van der Waals surface area contributed by atoms with Crippen LogP contribution in [-0.4, -0.2) is 27.3 Å². The van der Waals surface area contributed by atoms with E-state index in [1.165, 1.54) is 12.1 Å². The van der Waals surface area contributed by atoms with E-state index < -0.39 is 18.0 Å². The Morgan fingerprint density at radius 1 is 0.957 bits per heavy atom. The first-order valence-electron chi connectivity index (χ1n) is 6.97. The van der Waals surface area contributed by atoms with Crippen LogP contribution in [0.4, 0.5) is 0 Å². The molecule has 0 aliphatic rings. The zero-order chi connectivity index (χ0) is 16.8. The summed E-state index contributed by atoms with van der Waals surface area (Å²) in [5.41, 5.74) is 1.59. The lowest BCUT2D eigenvalue weighted by Gasteiger charge is -2.12. The van der Waals surface area contributed by atoms with Crippen LogP contribution in [0.2, 0.25) is 0 Å². The van der Waals surface area contributed by atoms with Crippen molar-refractivity contribution in [1.82, 2.24) is 0 Å². The predicted octanol–water partition coefficient (Wildman–Crippen LogP) is 2.52. The topological polar surface area (TPSA) is 94.8 Å². The second-order valence-corrected chi connectivity index (χ2v) is 5.03. The van der Waals surface area contributed by atoms with Gasteiger partial charge in [0.05, 0.1) is 11.7 Å². The summed E-state index contributed by atoms with van der Waals surface area (Å²) in [7, 11) is 0. The van der Waals surface area contributed by atoms with E-state index in [0.29, 0.717) is 18.1 Å². The lowest BCUT2D eigenvalue weighted by molar-refractivity contribution is -0.133. The van der Waals surface area contributed by atoms with Crippen molar-refractivity contribution in [2.75, 3.05) is 0 Å². The smallest absolute Gasteiger partial charge is 0.336 e. The van der Waals surface area contributed by atoms with Gasteiger partial charge < -0.3 is 15.3 Å². The number of carbonyl (C=O) groups is 2. The molecule has 0 aromatic heterocycles. The van der Waals surface area contributed by atoms with Crippen LogP contribution in [0.3, 0.4) is 0 Å². The van der Waals surface area contributed by atoms with Crippen molar-refractivity contribution in [3.63, 3.8) is 0 Å². The molecule has 5 nitrogen and oxygen atoms in total. The Kier molecular flexibility index (Phi) is 5.28. The van der Waals surface area contributed by atoms with E-state index in [0.717, 1.165) is 5.56 Å². The highest BCUT2D eigenvalue weighted by atomic mass is 16.4. The van der Waals surface area contributed by atoms with Crippen LogP contribution in [0.15, 0.2) is 60.7 Å². The van der Waals surface area contributed by atoms with Gasteiger partial charge >= 0.3 is 11.9 Å². The molecule has 1 unspecified atom stereocenters. The fraction of sp³-hybridized carbons (Fsp3) is 0.111. The molecule has 0 aliphatic carbocycles. The average molecular weight is 312 g/mol. The molecular weight excluding hydrogens is 296 g/mol. The number of carboxylic acid groups (broad SMARTS) is 2. The van der Waals surface area contributed by atoms with Gasteiger partial charge in [-0.15, -0.1) is 0 Å². The summed E-state index contributed by atoms with van der Waals surface area (Å²) < 4.78 is 0. The molecule has 2 rings (SSSR count). The van der Waals surface area contributed by atoms with Crippen molar-refractivity contribution in [3.05, 3.63) is 77.4 Å². The first kappa shape index (κ1) is 16.5. The van der Waals surface area contributed by atoms with Gasteiger partial charge in [0.15, 0.2) is 0 Å². The fourth-order valence-electron chi connectivity index (χ4n) is 2.23. The molecule has 5 heteroatoms. The van der Waals surface area contributed by atoms with Gasteiger partial charge in [-0.2, -0.15) is 0 Å². The van der Waals surface area contributed by atoms with Crippen molar-refractivity contribution < 1.29 is 24.9 Å². The van der Waals surface area contributed by atoms with Gasteiger partial charge in [-0.05, 0) is 16.7 Å². The molecule has 3 N–H and O–H groups in total. The molecule has 0 spiro atoms. The minimum absolute atomic E-state index is 0.274. The monoisotopic (exact) mass is 312 g/mol. The SMILES string of the molecule is O=C(O)/C=C(\C(=O)O)c1ccc(C(O)Cc2ccccc2)cc1. The van der Waals surface area contributed by atoms with Gasteiger partial charge in [0, 0.05) is 12.5 Å². The van der Waals surface area contributed by atoms with Gasteiger partial charge in [0.2, 0.25) is 0 Å². The van der Waals surface area contributed by atoms with Gasteiger partial charge in [0.25, 0.3) is 0 Å². The molecular formula is C18H16O5. The number of carboxylic acids is 2. The first-order chi connectivity index (χ1) is 11.0. The Hall–Kier alpha value is -2.92. The number of benzene rings is 2. The first-order valence-corrected chi connectivity index (χ1v) is 6.97. The van der Waals surface area contributed by atoms with Crippen molar-refractivity contribution in [2.45, 2.75) is 12.5 Å². The zero-order valence-corrected chi connectivity index (χ0v) is 12.2. The van der Waals surface area contributed by atoms with Crippen molar-refractivity contribution in [2.24, 2.45) is 0 Å². The molecule has 0 amide bonds. The standard InChI is InChI=1S/C18H16O5/c19-16(10-12-4-2-1-3-5-12)14-8-6-13(7-9-14)15(18(22)23)11-17(20)21/h1-9,11,16,19H,10H2,(H,20,21)(H,22,23)/b15-11-. The number of aliphatic hydroxyl groups excluding tert-OH is 1. The maximum absolute atomic E-state index is 11.1. The number of aliphatic carboxylic acids is 2. The number of hydrogen-bond acceptors (Lipinski definition) is 3. The number of aliphatic hydroxyl groups is 1. The van der Waals surface area contributed by atoms with Gasteiger partial charge in [-0.1, -0.05) is 54.6 Å². The molecule has 0 bridgehead atoms. The van der Waals surface area contributed by atoms with Gasteiger partial charge in [0.1, 0.15) is 0 Å². The van der Waals surface area contributed by atoms with E-state index in [1.807, 2.05) is 30.3 Å². The third-order valence-corrected chi connectivity index (χ3v) is 3.38. The molecule has 0 radical (unpaired) electrons. The molecule has 0 saturated heterocycles. The zero-order valence-electron chi connectivity index (χ0n) is 12.2. The Labute approximate surface area is 133 Å². The predicted molar refractivity (Wildman–Crippen MR) is 84.8 cm³/mol. The van der Waals surface area contributed by atoms with E-state index in [4.69, 9.17) is 10.2 Å². The van der Waals surface area contributed by atoms with Crippen LogP contribution >= 0.6 is 0 Å². The van der Waals surface area contributed by atoms with Gasteiger partial charge in [-0.3, -0.25) is 0 Å². The van der Waals surface area contributed by atoms with Crippen LogP contribution in [-0.2, 0) is 16.0 Å². The van der Waals surface area contributed by atoms with E-state index in [2.05, 4.69) is 0 Å². The summed E-state index contributed by atoms with van der Waals surface area (Å²) in [6.07, 6.45) is 0.373. The van der Waals surface area contributed by atoms with Crippen molar-refractivity contribution >= 4 is 17.5 Å². The quantitative estimate of drug-likeness (QED) is 0.712. The highest BCUT2D eigenvalue weighted by molar-refractivity contribution is 6.19. The lowest BCUT2D eigenvalue weighted by atomic mass is 9.98. The third kappa shape index (κ3) is 4.52.